The van der Waals surface area contributed by atoms with Gasteiger partial charge in [0.2, 0.25) is 0 Å². The monoisotopic (exact) mass is 672 g/mol. The Hall–Kier alpha value is -6.96. The van der Waals surface area contributed by atoms with Gasteiger partial charge in [0.15, 0.2) is 0 Å². The first-order valence-corrected chi connectivity index (χ1v) is 18.3. The summed E-state index contributed by atoms with van der Waals surface area (Å²) >= 11 is 0. The molecule has 0 N–H and O–H groups in total. The maximum Gasteiger partial charge on any atom is 0.135 e. The molecule has 0 aliphatic heterocycles. The van der Waals surface area contributed by atoms with Crippen LogP contribution in [0.3, 0.4) is 0 Å². The zero-order valence-electron chi connectivity index (χ0n) is 28.9. The van der Waals surface area contributed by atoms with Gasteiger partial charge < -0.3 is 4.42 Å². The summed E-state index contributed by atoms with van der Waals surface area (Å²) in [5.41, 5.74) is 11.7. The molecule has 0 saturated carbocycles. The van der Waals surface area contributed by atoms with Crippen LogP contribution in [0.1, 0.15) is 0 Å². The minimum absolute atomic E-state index is 0.914. The Labute approximate surface area is 307 Å². The summed E-state index contributed by atoms with van der Waals surface area (Å²) in [7, 11) is 0. The fourth-order valence-corrected chi connectivity index (χ4v) is 8.59. The summed E-state index contributed by atoms with van der Waals surface area (Å²) < 4.78 is 6.17. The lowest BCUT2D eigenvalue weighted by molar-refractivity contribution is 0.669. The van der Waals surface area contributed by atoms with Crippen LogP contribution in [0.15, 0.2) is 199 Å². The lowest BCUT2D eigenvalue weighted by Gasteiger charge is -2.20. The molecule has 0 aliphatic carbocycles. The maximum absolute atomic E-state index is 6.17. The number of benzene rings is 10. The van der Waals surface area contributed by atoms with E-state index in [-0.39, 0.29) is 0 Å². The summed E-state index contributed by atoms with van der Waals surface area (Å²) in [6, 6.07) is 70.7. The molecule has 1 nitrogen and oxygen atoms in total. The van der Waals surface area contributed by atoms with Gasteiger partial charge in [0, 0.05) is 10.8 Å². The van der Waals surface area contributed by atoms with Crippen LogP contribution in [0.4, 0.5) is 0 Å². The number of fused-ring (bicyclic) bond motifs is 7. The van der Waals surface area contributed by atoms with Crippen LogP contribution in [0.25, 0.3) is 110 Å². The van der Waals surface area contributed by atoms with Crippen molar-refractivity contribution in [2.24, 2.45) is 0 Å². The molecule has 0 fully saturated rings. The van der Waals surface area contributed by atoms with Crippen LogP contribution >= 0.6 is 0 Å². The van der Waals surface area contributed by atoms with Gasteiger partial charge in [-0.15, -0.1) is 0 Å². The van der Waals surface area contributed by atoms with Gasteiger partial charge in [-0.25, -0.2) is 0 Å². The van der Waals surface area contributed by atoms with Gasteiger partial charge in [-0.2, -0.15) is 0 Å². The quantitative estimate of drug-likeness (QED) is 0.170. The summed E-state index contributed by atoms with van der Waals surface area (Å²) in [5.74, 6) is 0. The van der Waals surface area contributed by atoms with Gasteiger partial charge >= 0.3 is 0 Å². The molecule has 0 spiro atoms. The minimum Gasteiger partial charge on any atom is -0.456 e. The third kappa shape index (κ3) is 4.71. The third-order valence-corrected chi connectivity index (χ3v) is 11.1. The van der Waals surface area contributed by atoms with Crippen molar-refractivity contribution in [3.63, 3.8) is 0 Å². The number of furan rings is 1. The topological polar surface area (TPSA) is 13.1 Å². The average Bonchev–Trinajstić information content (AvgIpc) is 3.60. The second-order valence-corrected chi connectivity index (χ2v) is 14.0. The highest BCUT2D eigenvalue weighted by Gasteiger charge is 2.19. The lowest BCUT2D eigenvalue weighted by atomic mass is 9.83. The molecular formula is C52H32O. The molecular weight excluding hydrogens is 641 g/mol. The number of hydrogen-bond acceptors (Lipinski definition) is 1. The van der Waals surface area contributed by atoms with Crippen LogP contribution in [-0.2, 0) is 0 Å². The summed E-state index contributed by atoms with van der Waals surface area (Å²) in [6.45, 7) is 0. The molecule has 0 aliphatic rings. The van der Waals surface area contributed by atoms with Crippen molar-refractivity contribution in [2.75, 3.05) is 0 Å². The van der Waals surface area contributed by atoms with E-state index in [1.165, 1.54) is 87.6 Å². The van der Waals surface area contributed by atoms with Crippen molar-refractivity contribution < 1.29 is 4.42 Å². The second-order valence-electron chi connectivity index (χ2n) is 14.0. The van der Waals surface area contributed by atoms with Crippen molar-refractivity contribution in [2.45, 2.75) is 0 Å². The van der Waals surface area contributed by atoms with Gasteiger partial charge in [-0.3, -0.25) is 0 Å². The summed E-state index contributed by atoms with van der Waals surface area (Å²) in [5, 5.41) is 12.3. The number of para-hydroxylation sites is 1. The van der Waals surface area contributed by atoms with Gasteiger partial charge in [0.05, 0.1) is 0 Å². The molecule has 0 amide bonds. The highest BCUT2D eigenvalue weighted by atomic mass is 16.3. The molecule has 10 aromatic carbocycles. The van der Waals surface area contributed by atoms with E-state index >= 15 is 0 Å². The number of rotatable bonds is 4. The standard InChI is InChI=1S/C52H32O/c1-2-12-36-31-37(26-23-33(36)11-1)34-21-24-35(25-22-34)51-43-16-5-7-18-45(43)52(46-19-8-6-17-44(46)51)47-29-28-39(40-13-3-4-14-41(40)47)38-27-30-50-48(32-38)42-15-9-10-20-49(42)53-50/h1-32H. The first-order chi connectivity index (χ1) is 26.3. The predicted molar refractivity (Wildman–Crippen MR) is 225 cm³/mol. The third-order valence-electron chi connectivity index (χ3n) is 11.1. The van der Waals surface area contributed by atoms with E-state index < -0.39 is 0 Å². The van der Waals surface area contributed by atoms with E-state index in [4.69, 9.17) is 4.42 Å². The molecule has 53 heavy (non-hydrogen) atoms. The molecule has 1 aromatic heterocycles. The Morgan fingerprint density at radius 3 is 1.45 bits per heavy atom. The van der Waals surface area contributed by atoms with Crippen molar-refractivity contribution in [1.29, 1.82) is 0 Å². The molecule has 1 heterocycles. The zero-order valence-corrected chi connectivity index (χ0v) is 28.9. The van der Waals surface area contributed by atoms with Crippen molar-refractivity contribution in [3.05, 3.63) is 194 Å². The van der Waals surface area contributed by atoms with Gasteiger partial charge in [0.1, 0.15) is 11.2 Å². The first-order valence-electron chi connectivity index (χ1n) is 18.3. The molecule has 246 valence electrons. The fraction of sp³-hybridized carbons (Fsp3) is 0. The van der Waals surface area contributed by atoms with Crippen LogP contribution in [0.2, 0.25) is 0 Å². The minimum atomic E-state index is 0.914. The van der Waals surface area contributed by atoms with Crippen LogP contribution < -0.4 is 0 Å². The lowest BCUT2D eigenvalue weighted by Crippen LogP contribution is -1.92. The largest absolute Gasteiger partial charge is 0.456 e. The van der Waals surface area contributed by atoms with Crippen molar-refractivity contribution in [1.82, 2.24) is 0 Å². The number of hydrogen-bond donors (Lipinski definition) is 0. The van der Waals surface area contributed by atoms with E-state index in [2.05, 4.69) is 182 Å². The van der Waals surface area contributed by atoms with Crippen LogP contribution in [-0.4, -0.2) is 0 Å². The van der Waals surface area contributed by atoms with Gasteiger partial charge in [0.25, 0.3) is 0 Å². The van der Waals surface area contributed by atoms with Gasteiger partial charge in [-0.05, 0) is 112 Å². The summed E-state index contributed by atoms with van der Waals surface area (Å²) in [4.78, 5) is 0. The predicted octanol–water partition coefficient (Wildman–Crippen LogP) is 14.9. The Kier molecular flexibility index (Phi) is 6.62. The molecule has 11 rings (SSSR count). The first kappa shape index (κ1) is 29.7. The maximum atomic E-state index is 6.17. The highest BCUT2D eigenvalue weighted by Crippen LogP contribution is 2.47. The Morgan fingerprint density at radius 2 is 0.736 bits per heavy atom. The second kappa shape index (κ2) is 11.8. The SMILES string of the molecule is c1ccc2cc(-c3ccc(-c4c5ccccc5c(-c5ccc(-c6ccc7oc8ccccc8c7c6)c6ccccc56)c5ccccc45)cc3)ccc2c1. The molecule has 0 bridgehead atoms. The molecule has 0 unspecified atom stereocenters. The van der Waals surface area contributed by atoms with E-state index in [1.54, 1.807) is 0 Å². The Morgan fingerprint density at radius 1 is 0.245 bits per heavy atom. The van der Waals surface area contributed by atoms with E-state index in [0.29, 0.717) is 0 Å². The Bertz CT molecular complexity index is 3160. The van der Waals surface area contributed by atoms with E-state index in [9.17, 15) is 0 Å². The highest BCUT2D eigenvalue weighted by molar-refractivity contribution is 6.24. The molecule has 1 heteroatoms. The summed E-state index contributed by atoms with van der Waals surface area (Å²) in [6.07, 6.45) is 0. The molecule has 0 saturated heterocycles. The molecule has 0 atom stereocenters. The van der Waals surface area contributed by atoms with Gasteiger partial charge in [-0.1, -0.05) is 170 Å². The van der Waals surface area contributed by atoms with Crippen molar-refractivity contribution >= 4 is 65.0 Å². The van der Waals surface area contributed by atoms with Crippen LogP contribution in [0.5, 0.6) is 0 Å². The van der Waals surface area contributed by atoms with E-state index in [1.807, 2.05) is 12.1 Å². The normalized spacial score (nSPS) is 11.8. The Balaban J connectivity index is 1.09. The zero-order chi connectivity index (χ0) is 34.9. The van der Waals surface area contributed by atoms with E-state index in [0.717, 1.165) is 21.9 Å². The van der Waals surface area contributed by atoms with Crippen molar-refractivity contribution in [3.8, 4) is 44.5 Å². The molecule has 0 radical (unpaired) electrons. The fourth-order valence-electron chi connectivity index (χ4n) is 8.59. The average molecular weight is 673 g/mol. The smallest absolute Gasteiger partial charge is 0.135 e. The molecule has 11 aromatic rings. The van der Waals surface area contributed by atoms with Crippen LogP contribution in [0, 0.1) is 0 Å².